The van der Waals surface area contributed by atoms with Crippen LogP contribution in [0, 0.1) is 5.92 Å². The second-order valence-corrected chi connectivity index (χ2v) is 8.28. The fourth-order valence-electron chi connectivity index (χ4n) is 4.69. The van der Waals surface area contributed by atoms with Crippen LogP contribution in [0.15, 0.2) is 65.1 Å². The van der Waals surface area contributed by atoms with Crippen molar-refractivity contribution in [1.82, 2.24) is 15.6 Å². The van der Waals surface area contributed by atoms with Gasteiger partial charge in [0.15, 0.2) is 11.7 Å². The first kappa shape index (κ1) is 19.1. The molecule has 3 aromatic rings. The van der Waals surface area contributed by atoms with Crippen molar-refractivity contribution >= 4 is 5.91 Å². The number of aryl methyl sites for hydroxylation is 1. The van der Waals surface area contributed by atoms with Crippen LogP contribution in [0.3, 0.4) is 0 Å². The van der Waals surface area contributed by atoms with E-state index in [0.29, 0.717) is 18.4 Å². The molecule has 0 spiro atoms. The van der Waals surface area contributed by atoms with Crippen molar-refractivity contribution in [2.24, 2.45) is 5.92 Å². The van der Waals surface area contributed by atoms with Crippen molar-refractivity contribution in [1.29, 1.82) is 0 Å². The maximum absolute atomic E-state index is 12.5. The van der Waals surface area contributed by atoms with Gasteiger partial charge in [0.25, 0.3) is 0 Å². The second kappa shape index (κ2) is 8.44. The molecule has 0 radical (unpaired) electrons. The monoisotopic (exact) mass is 401 g/mol. The zero-order valence-corrected chi connectivity index (χ0v) is 17.0. The van der Waals surface area contributed by atoms with E-state index in [4.69, 9.17) is 9.40 Å². The summed E-state index contributed by atoms with van der Waals surface area (Å²) in [5.41, 5.74) is 2.93. The molecule has 5 nitrogen and oxygen atoms in total. The molecule has 5 rings (SSSR count). The quantitative estimate of drug-likeness (QED) is 0.658. The molecule has 5 heteroatoms. The van der Waals surface area contributed by atoms with Gasteiger partial charge in [-0.1, -0.05) is 73.5 Å². The number of nitrogens with zero attached hydrogens (tertiary/aromatic N) is 1. The zero-order chi connectivity index (χ0) is 20.3. The van der Waals surface area contributed by atoms with E-state index in [1.54, 1.807) is 0 Å². The van der Waals surface area contributed by atoms with Crippen LogP contribution in [0.2, 0.25) is 0 Å². The molecular formula is C25H27N3O2. The summed E-state index contributed by atoms with van der Waals surface area (Å²) in [4.78, 5) is 17.3. The third-order valence-electron chi connectivity index (χ3n) is 6.24. The van der Waals surface area contributed by atoms with Crippen molar-refractivity contribution in [3.05, 3.63) is 66.6 Å². The maximum Gasteiger partial charge on any atom is 0.225 e. The molecule has 1 saturated carbocycles. The van der Waals surface area contributed by atoms with Crippen molar-refractivity contribution in [3.63, 3.8) is 0 Å². The largest absolute Gasteiger partial charge is 0.440 e. The lowest BCUT2D eigenvalue weighted by Gasteiger charge is -2.40. The van der Waals surface area contributed by atoms with Gasteiger partial charge in [0.1, 0.15) is 5.69 Å². The molecule has 154 valence electrons. The third kappa shape index (κ3) is 3.90. The summed E-state index contributed by atoms with van der Waals surface area (Å²) in [6, 6.07) is 20.6. The fourth-order valence-corrected chi connectivity index (χ4v) is 4.69. The summed E-state index contributed by atoms with van der Waals surface area (Å²) < 4.78 is 6.23. The molecule has 1 saturated heterocycles. The van der Waals surface area contributed by atoms with Gasteiger partial charge in [-0.15, -0.1) is 0 Å². The van der Waals surface area contributed by atoms with Crippen LogP contribution in [0.4, 0.5) is 0 Å². The number of aromatic nitrogens is 1. The van der Waals surface area contributed by atoms with E-state index in [0.717, 1.165) is 48.3 Å². The molecule has 2 N–H and O–H groups in total. The molecular weight excluding hydrogens is 374 g/mol. The van der Waals surface area contributed by atoms with Crippen LogP contribution in [-0.4, -0.2) is 23.1 Å². The summed E-state index contributed by atoms with van der Waals surface area (Å²) in [5, 5.41) is 6.79. The van der Waals surface area contributed by atoms with E-state index >= 15 is 0 Å². The third-order valence-corrected chi connectivity index (χ3v) is 6.24. The summed E-state index contributed by atoms with van der Waals surface area (Å²) in [6.45, 7) is 0. The Labute approximate surface area is 176 Å². The highest BCUT2D eigenvalue weighted by atomic mass is 16.4. The second-order valence-electron chi connectivity index (χ2n) is 8.28. The Morgan fingerprint density at radius 3 is 2.40 bits per heavy atom. The smallest absolute Gasteiger partial charge is 0.225 e. The predicted octanol–water partition coefficient (Wildman–Crippen LogP) is 4.55. The highest BCUT2D eigenvalue weighted by Crippen LogP contribution is 2.33. The maximum atomic E-state index is 12.5. The fraction of sp³-hybridized carbons (Fsp3) is 0.360. The van der Waals surface area contributed by atoms with Gasteiger partial charge in [-0.2, -0.15) is 0 Å². The molecule has 1 aliphatic carbocycles. The van der Waals surface area contributed by atoms with Crippen LogP contribution in [0.5, 0.6) is 0 Å². The first-order valence-electron chi connectivity index (χ1n) is 10.9. The van der Waals surface area contributed by atoms with E-state index in [1.165, 1.54) is 6.42 Å². The first-order chi connectivity index (χ1) is 14.8. The minimum Gasteiger partial charge on any atom is -0.440 e. The number of hydrogen-bond acceptors (Lipinski definition) is 4. The Bertz CT molecular complexity index is 943. The average molecular weight is 402 g/mol. The van der Waals surface area contributed by atoms with Crippen molar-refractivity contribution in [3.8, 4) is 22.6 Å². The van der Waals surface area contributed by atoms with E-state index in [9.17, 15) is 4.79 Å². The topological polar surface area (TPSA) is 67.2 Å². The predicted molar refractivity (Wildman–Crippen MR) is 117 cm³/mol. The minimum absolute atomic E-state index is 0.0240. The Kier molecular flexibility index (Phi) is 5.37. The van der Waals surface area contributed by atoms with Crippen LogP contribution in [0.25, 0.3) is 22.6 Å². The van der Waals surface area contributed by atoms with Gasteiger partial charge in [-0.25, -0.2) is 4.98 Å². The van der Waals surface area contributed by atoms with Crippen molar-refractivity contribution in [2.45, 2.75) is 50.7 Å². The summed E-state index contributed by atoms with van der Waals surface area (Å²) in [5.74, 6) is 1.83. The van der Waals surface area contributed by atoms with Crippen molar-refractivity contribution < 1.29 is 9.21 Å². The number of oxazole rings is 1. The Hall–Kier alpha value is -2.92. The number of rotatable bonds is 5. The van der Waals surface area contributed by atoms with Crippen LogP contribution >= 0.6 is 0 Å². The van der Waals surface area contributed by atoms with E-state index in [2.05, 4.69) is 22.8 Å². The van der Waals surface area contributed by atoms with Crippen LogP contribution in [-0.2, 0) is 11.2 Å². The number of carbonyl (C=O) groups excluding carboxylic acids is 1. The summed E-state index contributed by atoms with van der Waals surface area (Å²) in [7, 11) is 0. The molecule has 2 aromatic carbocycles. The van der Waals surface area contributed by atoms with Gasteiger partial charge >= 0.3 is 0 Å². The lowest BCUT2D eigenvalue weighted by Crippen LogP contribution is -2.62. The van der Waals surface area contributed by atoms with Crippen molar-refractivity contribution in [2.75, 3.05) is 0 Å². The summed E-state index contributed by atoms with van der Waals surface area (Å²) in [6.07, 6.45) is 5.85. The standard InChI is InChI=1S/C25H27N3O2/c29-25-19-13-7-8-14-20(19)26-21(27-25)15-16-22-28-23(17-9-3-1-4-10-17)24(30-22)18-11-5-2-6-12-18/h1-6,9-12,19-21,26H,7-8,13-16H2,(H,27,29). The lowest BCUT2D eigenvalue weighted by atomic mass is 9.82. The highest BCUT2D eigenvalue weighted by Gasteiger charge is 2.37. The van der Waals surface area contributed by atoms with Crippen LogP contribution < -0.4 is 10.6 Å². The van der Waals surface area contributed by atoms with E-state index in [1.807, 2.05) is 48.5 Å². The number of amides is 1. The molecule has 2 aliphatic rings. The van der Waals surface area contributed by atoms with Gasteiger partial charge in [0.05, 0.1) is 12.1 Å². The molecule has 1 aromatic heterocycles. The molecule has 3 atom stereocenters. The Morgan fingerprint density at radius 2 is 1.63 bits per heavy atom. The average Bonchev–Trinajstić information content (AvgIpc) is 3.23. The van der Waals surface area contributed by atoms with E-state index in [-0.39, 0.29) is 18.0 Å². The lowest BCUT2D eigenvalue weighted by molar-refractivity contribution is -0.130. The van der Waals surface area contributed by atoms with Gasteiger partial charge in [0, 0.05) is 23.6 Å². The number of nitrogens with one attached hydrogen (secondary N) is 2. The number of fused-ring (bicyclic) bond motifs is 1. The molecule has 1 aliphatic heterocycles. The molecule has 30 heavy (non-hydrogen) atoms. The number of benzene rings is 2. The highest BCUT2D eigenvalue weighted by molar-refractivity contribution is 5.80. The van der Waals surface area contributed by atoms with Crippen LogP contribution in [0.1, 0.15) is 38.0 Å². The van der Waals surface area contributed by atoms with E-state index < -0.39 is 0 Å². The first-order valence-corrected chi connectivity index (χ1v) is 10.9. The minimum atomic E-state index is -0.0240. The zero-order valence-electron chi connectivity index (χ0n) is 17.0. The Morgan fingerprint density at radius 1 is 0.933 bits per heavy atom. The molecule has 0 bridgehead atoms. The Balaban J connectivity index is 1.35. The molecule has 3 unspecified atom stereocenters. The molecule has 2 heterocycles. The number of hydrogen-bond donors (Lipinski definition) is 2. The molecule has 1 amide bonds. The van der Waals surface area contributed by atoms with Gasteiger partial charge in [-0.3, -0.25) is 10.1 Å². The van der Waals surface area contributed by atoms with Gasteiger partial charge < -0.3 is 9.73 Å². The van der Waals surface area contributed by atoms with Gasteiger partial charge in [0.2, 0.25) is 5.91 Å². The summed E-state index contributed by atoms with van der Waals surface area (Å²) >= 11 is 0. The SMILES string of the molecule is O=C1NC(CCc2nc(-c3ccccc3)c(-c3ccccc3)o2)NC2CCCCC12. The normalized spacial score (nSPS) is 23.6. The number of carbonyl (C=O) groups is 1. The van der Waals surface area contributed by atoms with Gasteiger partial charge in [-0.05, 0) is 19.3 Å². The molecule has 2 fully saturated rings.